The van der Waals surface area contributed by atoms with Crippen LogP contribution in [0.4, 0.5) is 11.5 Å². The van der Waals surface area contributed by atoms with Gasteiger partial charge in [-0.3, -0.25) is 19.8 Å². The minimum Gasteiger partial charge on any atom is -0.457 e. The molecule has 1 aromatic heterocycles. The molecule has 0 spiro atoms. The van der Waals surface area contributed by atoms with E-state index in [0.717, 1.165) is 0 Å². The van der Waals surface area contributed by atoms with Crippen LogP contribution in [-0.4, -0.2) is 21.9 Å². The molecule has 3 N–H and O–H groups in total. The summed E-state index contributed by atoms with van der Waals surface area (Å²) in [5.41, 5.74) is 6.70. The minimum atomic E-state index is -0.589. The van der Waals surface area contributed by atoms with Gasteiger partial charge in [-0.25, -0.2) is 4.98 Å². The Bertz CT molecular complexity index is 1160. The second kappa shape index (κ2) is 8.14. The van der Waals surface area contributed by atoms with Crippen LogP contribution in [0.5, 0.6) is 11.5 Å². The lowest BCUT2D eigenvalue weighted by Crippen LogP contribution is -2.54. The molecule has 3 aromatic rings. The third-order valence-corrected chi connectivity index (χ3v) is 4.63. The monoisotopic (exact) mass is 416 g/mol. The number of pyridine rings is 1. The summed E-state index contributed by atoms with van der Waals surface area (Å²) < 4.78 is 5.77. The van der Waals surface area contributed by atoms with Gasteiger partial charge in [-0.1, -0.05) is 18.2 Å². The Morgan fingerprint density at radius 2 is 1.67 bits per heavy atom. The predicted octanol–water partition coefficient (Wildman–Crippen LogP) is 3.29. The number of benzene rings is 2. The van der Waals surface area contributed by atoms with Crippen LogP contribution in [0.1, 0.15) is 5.56 Å². The molecule has 8 heteroatoms. The Labute approximate surface area is 177 Å². The normalized spacial score (nSPS) is 15.3. The van der Waals surface area contributed by atoms with E-state index in [4.69, 9.17) is 22.7 Å². The highest BCUT2D eigenvalue weighted by atomic mass is 32.1. The van der Waals surface area contributed by atoms with E-state index >= 15 is 0 Å². The maximum absolute atomic E-state index is 13.1. The predicted molar refractivity (Wildman–Crippen MR) is 118 cm³/mol. The smallest absolute Gasteiger partial charge is 0.270 e. The number of carbonyl (C=O) groups excluding carboxylic acids is 2. The SMILES string of the molecule is Nc1ncccc1/C=C1\C(=O)NC(=S)N(c2ccc(Oc3ccccc3)cc2)C1=O. The zero-order chi connectivity index (χ0) is 21.1. The van der Waals surface area contributed by atoms with Crippen LogP contribution in [0.15, 0.2) is 78.5 Å². The largest absolute Gasteiger partial charge is 0.457 e. The van der Waals surface area contributed by atoms with E-state index in [2.05, 4.69) is 10.3 Å². The summed E-state index contributed by atoms with van der Waals surface area (Å²) in [5.74, 6) is 0.370. The molecule has 1 aliphatic rings. The summed E-state index contributed by atoms with van der Waals surface area (Å²) in [5, 5.41) is 2.54. The maximum Gasteiger partial charge on any atom is 0.270 e. The van der Waals surface area contributed by atoms with Crippen molar-refractivity contribution < 1.29 is 14.3 Å². The van der Waals surface area contributed by atoms with Gasteiger partial charge in [-0.15, -0.1) is 0 Å². The third-order valence-electron chi connectivity index (χ3n) is 4.35. The van der Waals surface area contributed by atoms with Crippen LogP contribution in [0, 0.1) is 0 Å². The number of nitrogens with one attached hydrogen (secondary N) is 1. The summed E-state index contributed by atoms with van der Waals surface area (Å²) in [4.78, 5) is 30.6. The van der Waals surface area contributed by atoms with E-state index in [1.807, 2.05) is 30.3 Å². The van der Waals surface area contributed by atoms with Crippen molar-refractivity contribution in [1.82, 2.24) is 10.3 Å². The van der Waals surface area contributed by atoms with Crippen molar-refractivity contribution in [3.63, 3.8) is 0 Å². The number of para-hydroxylation sites is 1. The van der Waals surface area contributed by atoms with Gasteiger partial charge in [0.15, 0.2) is 5.11 Å². The van der Waals surface area contributed by atoms with E-state index in [-0.39, 0.29) is 16.5 Å². The molecule has 1 saturated heterocycles. The third kappa shape index (κ3) is 3.89. The lowest BCUT2D eigenvalue weighted by atomic mass is 10.1. The molecule has 0 unspecified atom stereocenters. The van der Waals surface area contributed by atoms with Gasteiger partial charge >= 0.3 is 0 Å². The van der Waals surface area contributed by atoms with Gasteiger partial charge in [0.25, 0.3) is 11.8 Å². The van der Waals surface area contributed by atoms with Crippen LogP contribution in [0.3, 0.4) is 0 Å². The van der Waals surface area contributed by atoms with Crippen molar-refractivity contribution in [1.29, 1.82) is 0 Å². The molecule has 0 bridgehead atoms. The molecule has 0 aliphatic carbocycles. The summed E-state index contributed by atoms with van der Waals surface area (Å²) in [6.07, 6.45) is 2.93. The fraction of sp³-hybridized carbons (Fsp3) is 0. The molecule has 0 saturated carbocycles. The Morgan fingerprint density at radius 1 is 0.967 bits per heavy atom. The number of hydrogen-bond donors (Lipinski definition) is 2. The zero-order valence-electron chi connectivity index (χ0n) is 15.6. The molecule has 30 heavy (non-hydrogen) atoms. The zero-order valence-corrected chi connectivity index (χ0v) is 16.4. The van der Waals surface area contributed by atoms with Crippen LogP contribution >= 0.6 is 12.2 Å². The van der Waals surface area contributed by atoms with Crippen LogP contribution in [0.25, 0.3) is 6.08 Å². The van der Waals surface area contributed by atoms with Gasteiger partial charge in [0, 0.05) is 11.8 Å². The molecule has 1 aliphatic heterocycles. The number of amides is 2. The molecular formula is C22H16N4O3S. The number of nitrogen functional groups attached to an aromatic ring is 1. The Morgan fingerprint density at radius 3 is 2.37 bits per heavy atom. The van der Waals surface area contributed by atoms with E-state index in [0.29, 0.717) is 22.7 Å². The highest BCUT2D eigenvalue weighted by Gasteiger charge is 2.34. The molecule has 148 valence electrons. The number of thiocarbonyl (C=S) groups is 1. The standard InChI is InChI=1S/C22H16N4O3S/c23-19-14(5-4-12-24-19)13-18-20(27)25-22(30)26(21(18)28)15-8-10-17(11-9-15)29-16-6-2-1-3-7-16/h1-13H,(H2,23,24)(H,25,27,30)/b18-13+. The topological polar surface area (TPSA) is 97.5 Å². The quantitative estimate of drug-likeness (QED) is 0.385. The number of nitrogens with zero attached hydrogens (tertiary/aromatic N) is 2. The summed E-state index contributed by atoms with van der Waals surface area (Å²) in [6.45, 7) is 0. The molecule has 7 nitrogen and oxygen atoms in total. The van der Waals surface area contributed by atoms with Gasteiger partial charge < -0.3 is 10.5 Å². The Balaban J connectivity index is 1.61. The summed E-state index contributed by atoms with van der Waals surface area (Å²) in [7, 11) is 0. The Kier molecular flexibility index (Phi) is 5.23. The first-order valence-corrected chi connectivity index (χ1v) is 9.38. The average molecular weight is 416 g/mol. The van der Waals surface area contributed by atoms with Gasteiger partial charge in [0.2, 0.25) is 0 Å². The molecule has 1 fully saturated rings. The van der Waals surface area contributed by atoms with Gasteiger partial charge in [-0.2, -0.15) is 0 Å². The van der Waals surface area contributed by atoms with Crippen molar-refractivity contribution in [3.05, 3.63) is 84.1 Å². The number of carbonyl (C=O) groups is 2. The van der Waals surface area contributed by atoms with Crippen molar-refractivity contribution in [2.75, 3.05) is 10.6 Å². The molecule has 2 amide bonds. The number of anilines is 2. The molecule has 0 radical (unpaired) electrons. The van der Waals surface area contributed by atoms with Gasteiger partial charge in [-0.05, 0) is 66.8 Å². The maximum atomic E-state index is 13.1. The number of rotatable bonds is 4. The molecular weight excluding hydrogens is 400 g/mol. The lowest BCUT2D eigenvalue weighted by molar-refractivity contribution is -0.122. The van der Waals surface area contributed by atoms with E-state index < -0.39 is 11.8 Å². The molecule has 4 rings (SSSR count). The van der Waals surface area contributed by atoms with E-state index in [9.17, 15) is 9.59 Å². The van der Waals surface area contributed by atoms with Crippen molar-refractivity contribution in [2.45, 2.75) is 0 Å². The average Bonchev–Trinajstić information content (AvgIpc) is 2.74. The number of nitrogens with two attached hydrogens (primary N) is 1. The summed E-state index contributed by atoms with van der Waals surface area (Å²) >= 11 is 5.22. The second-order valence-electron chi connectivity index (χ2n) is 6.34. The lowest BCUT2D eigenvalue weighted by Gasteiger charge is -2.29. The molecule has 2 aromatic carbocycles. The Hall–Kier alpha value is -4.04. The minimum absolute atomic E-state index is 0.00182. The first kappa shape index (κ1) is 19.3. The first-order chi connectivity index (χ1) is 14.5. The van der Waals surface area contributed by atoms with Crippen molar-refractivity contribution in [2.24, 2.45) is 0 Å². The van der Waals surface area contributed by atoms with Gasteiger partial charge in [0.05, 0.1) is 5.69 Å². The number of aromatic nitrogens is 1. The second-order valence-corrected chi connectivity index (χ2v) is 6.73. The van der Waals surface area contributed by atoms with E-state index in [1.165, 1.54) is 17.2 Å². The van der Waals surface area contributed by atoms with Crippen molar-refractivity contribution in [3.8, 4) is 11.5 Å². The van der Waals surface area contributed by atoms with E-state index in [1.54, 1.807) is 36.4 Å². The van der Waals surface area contributed by atoms with Crippen molar-refractivity contribution >= 4 is 46.7 Å². The van der Waals surface area contributed by atoms with Crippen LogP contribution in [-0.2, 0) is 9.59 Å². The van der Waals surface area contributed by atoms with Crippen LogP contribution in [0.2, 0.25) is 0 Å². The highest BCUT2D eigenvalue weighted by molar-refractivity contribution is 7.80. The fourth-order valence-electron chi connectivity index (χ4n) is 2.89. The van der Waals surface area contributed by atoms with Gasteiger partial charge in [0.1, 0.15) is 22.9 Å². The molecule has 0 atom stereocenters. The molecule has 2 heterocycles. The van der Waals surface area contributed by atoms with Crippen LogP contribution < -0.4 is 20.7 Å². The number of hydrogen-bond acceptors (Lipinski definition) is 6. The number of ether oxygens (including phenoxy) is 1. The summed E-state index contributed by atoms with van der Waals surface area (Å²) in [6, 6.07) is 19.5. The fourth-order valence-corrected chi connectivity index (χ4v) is 3.17. The highest BCUT2D eigenvalue weighted by Crippen LogP contribution is 2.27. The first-order valence-electron chi connectivity index (χ1n) is 8.98.